The molecule has 0 bridgehead atoms. The Morgan fingerprint density at radius 1 is 1.33 bits per heavy atom. The van der Waals surface area contributed by atoms with Crippen molar-refractivity contribution >= 4 is 29.6 Å². The second-order valence-corrected chi connectivity index (χ2v) is 10.4. The van der Waals surface area contributed by atoms with Gasteiger partial charge in [-0.3, -0.25) is 19.9 Å². The molecular formula is C28H35N7O4. The Balaban J connectivity index is 1.27. The Bertz CT molecular complexity index is 1240. The van der Waals surface area contributed by atoms with Crippen LogP contribution in [0.15, 0.2) is 18.3 Å². The number of aromatic nitrogens is 2. The molecule has 5 rings (SSSR count). The number of hydrogen-bond donors (Lipinski definition) is 2. The Morgan fingerprint density at radius 3 is 2.97 bits per heavy atom. The van der Waals surface area contributed by atoms with Crippen LogP contribution >= 0.6 is 0 Å². The van der Waals surface area contributed by atoms with Crippen molar-refractivity contribution in [3.63, 3.8) is 0 Å². The third kappa shape index (κ3) is 6.71. The number of nitriles is 1. The van der Waals surface area contributed by atoms with Crippen LogP contribution in [0.5, 0.6) is 0 Å². The summed E-state index contributed by atoms with van der Waals surface area (Å²) in [5.41, 5.74) is 3.13. The molecule has 2 amide bonds. The van der Waals surface area contributed by atoms with Gasteiger partial charge in [0.15, 0.2) is 6.29 Å². The van der Waals surface area contributed by atoms with Crippen LogP contribution in [-0.2, 0) is 22.4 Å². The lowest BCUT2D eigenvalue weighted by molar-refractivity contribution is -0.00448. The molecule has 11 heteroatoms. The number of aryl methyl sites for hydroxylation is 1. The van der Waals surface area contributed by atoms with E-state index in [0.717, 1.165) is 43.4 Å². The van der Waals surface area contributed by atoms with Crippen LogP contribution in [0.4, 0.5) is 22.1 Å². The molecule has 1 saturated carbocycles. The van der Waals surface area contributed by atoms with Gasteiger partial charge in [0.2, 0.25) is 0 Å². The van der Waals surface area contributed by atoms with Crippen LogP contribution in [0.25, 0.3) is 0 Å². The van der Waals surface area contributed by atoms with Crippen molar-refractivity contribution in [2.45, 2.75) is 45.2 Å². The standard InChI is InChI=1S/C28H35N7O4/c1-19-17-39-10-8-34(19)15-22-11-21-3-2-7-35(27(21)32-25(22)16-36)28(37)33-26-12-24(23(13-29)14-31-26)30-6-9-38-18-20-4-5-20/h11-12,14,16,19-20H,2-10,15,17-18H2,1H3,(H2,30,31,33,37). The number of nitrogens with one attached hydrogen (secondary N) is 2. The maximum atomic E-state index is 13.3. The van der Waals surface area contributed by atoms with Gasteiger partial charge in [0.05, 0.1) is 31.1 Å². The first kappa shape index (κ1) is 27.0. The molecule has 2 fully saturated rings. The van der Waals surface area contributed by atoms with E-state index in [9.17, 15) is 14.9 Å². The summed E-state index contributed by atoms with van der Waals surface area (Å²) in [6.45, 7) is 7.18. The Labute approximate surface area is 228 Å². The SMILES string of the molecule is CC1COCCN1Cc1cc2c(nc1C=O)N(C(=O)Nc1cc(NCCOCC3CC3)c(C#N)cn1)CCC2. The minimum atomic E-state index is -0.384. The Morgan fingerprint density at radius 2 is 2.21 bits per heavy atom. The number of amides is 2. The van der Waals surface area contributed by atoms with Gasteiger partial charge in [0, 0.05) is 51.1 Å². The average Bonchev–Trinajstić information content (AvgIpc) is 3.78. The number of urea groups is 1. The number of carbonyl (C=O) groups excluding carboxylic acids is 2. The summed E-state index contributed by atoms with van der Waals surface area (Å²) < 4.78 is 11.2. The van der Waals surface area contributed by atoms with Crippen LogP contribution in [0.1, 0.15) is 53.4 Å². The lowest BCUT2D eigenvalue weighted by atomic mass is 10.0. The van der Waals surface area contributed by atoms with Crippen molar-refractivity contribution in [2.24, 2.45) is 5.92 Å². The molecule has 0 aromatic carbocycles. The van der Waals surface area contributed by atoms with Gasteiger partial charge in [0.1, 0.15) is 23.4 Å². The molecule has 11 nitrogen and oxygen atoms in total. The largest absolute Gasteiger partial charge is 0.382 e. The highest BCUT2D eigenvalue weighted by atomic mass is 16.5. The summed E-state index contributed by atoms with van der Waals surface area (Å²) in [6.07, 6.45) is 6.24. The molecule has 1 saturated heterocycles. The predicted molar refractivity (Wildman–Crippen MR) is 146 cm³/mol. The summed E-state index contributed by atoms with van der Waals surface area (Å²) in [4.78, 5) is 38.1. The van der Waals surface area contributed by atoms with Gasteiger partial charge in [0.25, 0.3) is 0 Å². The predicted octanol–water partition coefficient (Wildman–Crippen LogP) is 3.20. The lowest BCUT2D eigenvalue weighted by Crippen LogP contribution is -2.43. The van der Waals surface area contributed by atoms with E-state index in [0.29, 0.717) is 74.0 Å². The van der Waals surface area contributed by atoms with Crippen molar-refractivity contribution in [2.75, 3.05) is 61.6 Å². The molecule has 4 heterocycles. The van der Waals surface area contributed by atoms with Gasteiger partial charge in [-0.15, -0.1) is 0 Å². The van der Waals surface area contributed by atoms with Crippen molar-refractivity contribution < 1.29 is 19.1 Å². The molecular weight excluding hydrogens is 498 g/mol. The van der Waals surface area contributed by atoms with Gasteiger partial charge in [-0.1, -0.05) is 0 Å². The van der Waals surface area contributed by atoms with Crippen molar-refractivity contribution in [1.29, 1.82) is 5.26 Å². The number of ether oxygens (including phenoxy) is 2. The lowest BCUT2D eigenvalue weighted by Gasteiger charge is -2.34. The average molecular weight is 534 g/mol. The number of rotatable bonds is 10. The van der Waals surface area contributed by atoms with Crippen LogP contribution in [0.2, 0.25) is 0 Å². The minimum absolute atomic E-state index is 0.256. The van der Waals surface area contributed by atoms with Crippen LogP contribution < -0.4 is 15.5 Å². The van der Waals surface area contributed by atoms with Crippen LogP contribution in [-0.4, -0.2) is 79.3 Å². The highest BCUT2D eigenvalue weighted by Gasteiger charge is 2.28. The zero-order valence-corrected chi connectivity index (χ0v) is 22.3. The number of nitrogens with zero attached hydrogens (tertiary/aromatic N) is 5. The number of aldehydes is 1. The fraction of sp³-hybridized carbons (Fsp3) is 0.536. The summed E-state index contributed by atoms with van der Waals surface area (Å²) >= 11 is 0. The van der Waals surface area contributed by atoms with E-state index in [1.807, 2.05) is 6.07 Å². The molecule has 2 N–H and O–H groups in total. The van der Waals surface area contributed by atoms with Crippen molar-refractivity contribution in [3.8, 4) is 6.07 Å². The number of pyridine rings is 2. The number of fused-ring (bicyclic) bond motifs is 1. The smallest absolute Gasteiger partial charge is 0.328 e. The number of morpholine rings is 1. The summed E-state index contributed by atoms with van der Waals surface area (Å²) in [5.74, 6) is 1.51. The fourth-order valence-electron chi connectivity index (χ4n) is 4.93. The van der Waals surface area contributed by atoms with Crippen LogP contribution in [0, 0.1) is 17.2 Å². The van der Waals surface area contributed by atoms with E-state index >= 15 is 0 Å². The molecule has 0 spiro atoms. The normalized spacial score (nSPS) is 19.2. The minimum Gasteiger partial charge on any atom is -0.382 e. The maximum absolute atomic E-state index is 13.3. The number of carbonyl (C=O) groups is 2. The van der Waals surface area contributed by atoms with E-state index < -0.39 is 0 Å². The van der Waals surface area contributed by atoms with E-state index in [-0.39, 0.29) is 12.1 Å². The third-order valence-corrected chi connectivity index (χ3v) is 7.38. The molecule has 2 aromatic heterocycles. The maximum Gasteiger partial charge on any atom is 0.328 e. The molecule has 39 heavy (non-hydrogen) atoms. The molecule has 2 aliphatic heterocycles. The first-order chi connectivity index (χ1) is 19.1. The van der Waals surface area contributed by atoms with Crippen molar-refractivity contribution in [1.82, 2.24) is 14.9 Å². The molecule has 0 radical (unpaired) electrons. The molecule has 1 unspecified atom stereocenters. The highest BCUT2D eigenvalue weighted by molar-refractivity contribution is 6.01. The Kier molecular flexibility index (Phi) is 8.66. The zero-order valence-electron chi connectivity index (χ0n) is 22.3. The zero-order chi connectivity index (χ0) is 27.2. The molecule has 3 aliphatic rings. The topological polar surface area (TPSA) is 133 Å². The molecule has 2 aromatic rings. The van der Waals surface area contributed by atoms with E-state index in [2.05, 4.69) is 38.5 Å². The van der Waals surface area contributed by atoms with Crippen molar-refractivity contribution in [3.05, 3.63) is 40.7 Å². The van der Waals surface area contributed by atoms with Gasteiger partial charge in [-0.2, -0.15) is 5.26 Å². The molecule has 1 aliphatic carbocycles. The highest BCUT2D eigenvalue weighted by Crippen LogP contribution is 2.30. The summed E-state index contributed by atoms with van der Waals surface area (Å²) in [5, 5.41) is 15.5. The quantitative estimate of drug-likeness (QED) is 0.349. The van der Waals surface area contributed by atoms with Gasteiger partial charge in [-0.25, -0.2) is 14.8 Å². The second kappa shape index (κ2) is 12.5. The summed E-state index contributed by atoms with van der Waals surface area (Å²) in [6, 6.07) is 5.67. The Hall–Kier alpha value is -3.59. The van der Waals surface area contributed by atoms with Gasteiger partial charge < -0.3 is 14.8 Å². The monoisotopic (exact) mass is 533 g/mol. The number of anilines is 3. The van der Waals surface area contributed by atoms with Gasteiger partial charge in [-0.05, 0) is 55.7 Å². The van der Waals surface area contributed by atoms with Gasteiger partial charge >= 0.3 is 6.03 Å². The van der Waals surface area contributed by atoms with Crippen LogP contribution in [0.3, 0.4) is 0 Å². The third-order valence-electron chi connectivity index (χ3n) is 7.38. The first-order valence-electron chi connectivity index (χ1n) is 13.7. The van der Waals surface area contributed by atoms with E-state index in [1.54, 1.807) is 11.0 Å². The molecule has 206 valence electrons. The summed E-state index contributed by atoms with van der Waals surface area (Å²) in [7, 11) is 0. The fourth-order valence-corrected chi connectivity index (χ4v) is 4.93. The van der Waals surface area contributed by atoms with E-state index in [1.165, 1.54) is 19.0 Å². The van der Waals surface area contributed by atoms with E-state index in [4.69, 9.17) is 9.47 Å². The first-order valence-corrected chi connectivity index (χ1v) is 13.7. The number of hydrogen-bond acceptors (Lipinski definition) is 9. The molecule has 1 atom stereocenters. The second-order valence-electron chi connectivity index (χ2n) is 10.4.